The first-order valence-electron chi connectivity index (χ1n) is 11.5. The molecule has 1 aliphatic carbocycles. The lowest BCUT2D eigenvalue weighted by Crippen LogP contribution is -2.49. The quantitative estimate of drug-likeness (QED) is 0.669. The largest absolute Gasteiger partial charge is 0.365 e. The van der Waals surface area contributed by atoms with Crippen molar-refractivity contribution < 1.29 is 4.79 Å². The molecule has 0 bridgehead atoms. The zero-order chi connectivity index (χ0) is 21.6. The number of carbonyl (C=O) groups excluding carboxylic acids is 1. The zero-order valence-electron chi connectivity index (χ0n) is 18.0. The predicted octanol–water partition coefficient (Wildman–Crippen LogP) is 4.29. The first-order valence-corrected chi connectivity index (χ1v) is 11.9. The van der Waals surface area contributed by atoms with Crippen molar-refractivity contribution in [2.75, 3.05) is 31.1 Å². The summed E-state index contributed by atoms with van der Waals surface area (Å²) in [5.74, 6) is 1.07. The molecule has 0 atom stereocenters. The Morgan fingerprint density at radius 2 is 1.74 bits per heavy atom. The van der Waals surface area contributed by atoms with E-state index in [2.05, 4.69) is 10.00 Å². The Labute approximate surface area is 188 Å². The molecule has 2 aliphatic rings. The first kappa shape index (κ1) is 21.9. The molecule has 31 heavy (non-hydrogen) atoms. The van der Waals surface area contributed by atoms with Crippen molar-refractivity contribution >= 4 is 23.2 Å². The van der Waals surface area contributed by atoms with Crippen molar-refractivity contribution in [1.29, 1.82) is 0 Å². The zero-order valence-corrected chi connectivity index (χ0v) is 18.8. The number of rotatable bonds is 6. The summed E-state index contributed by atoms with van der Waals surface area (Å²) < 4.78 is 1.32. The number of hydrogen-bond donors (Lipinski definition) is 0. The van der Waals surface area contributed by atoms with Gasteiger partial charge in [-0.3, -0.25) is 9.59 Å². The fourth-order valence-corrected chi connectivity index (χ4v) is 5.02. The van der Waals surface area contributed by atoms with Crippen LogP contribution in [0.4, 0.5) is 5.69 Å². The Kier molecular flexibility index (Phi) is 7.28. The van der Waals surface area contributed by atoms with E-state index in [-0.39, 0.29) is 16.5 Å². The van der Waals surface area contributed by atoms with Crippen LogP contribution in [-0.2, 0) is 4.79 Å². The minimum atomic E-state index is -0.327. The maximum absolute atomic E-state index is 12.7. The molecule has 2 heterocycles. The van der Waals surface area contributed by atoms with Crippen LogP contribution in [0.5, 0.6) is 0 Å². The highest BCUT2D eigenvalue weighted by molar-refractivity contribution is 6.33. The molecule has 1 aliphatic heterocycles. The number of carbonyl (C=O) groups is 1. The monoisotopic (exact) mass is 442 g/mol. The van der Waals surface area contributed by atoms with Gasteiger partial charge in [-0.05, 0) is 30.9 Å². The van der Waals surface area contributed by atoms with Crippen molar-refractivity contribution in [3.8, 4) is 5.69 Å². The minimum absolute atomic E-state index is 0.172. The third kappa shape index (κ3) is 5.29. The second-order valence-corrected chi connectivity index (χ2v) is 9.04. The molecule has 7 heteroatoms. The van der Waals surface area contributed by atoms with Gasteiger partial charge in [0.1, 0.15) is 5.02 Å². The van der Waals surface area contributed by atoms with Gasteiger partial charge in [-0.1, -0.05) is 61.9 Å². The molecule has 0 spiro atoms. The Morgan fingerprint density at radius 1 is 1.03 bits per heavy atom. The summed E-state index contributed by atoms with van der Waals surface area (Å²) in [4.78, 5) is 29.4. The van der Waals surface area contributed by atoms with E-state index >= 15 is 0 Å². The number of benzene rings is 1. The summed E-state index contributed by atoms with van der Waals surface area (Å²) in [6.45, 7) is 2.62. The minimum Gasteiger partial charge on any atom is -0.365 e. The van der Waals surface area contributed by atoms with Crippen molar-refractivity contribution in [2.45, 2.75) is 51.4 Å². The average Bonchev–Trinajstić information content (AvgIpc) is 2.82. The molecular formula is C24H31ClN4O2. The maximum Gasteiger partial charge on any atom is 0.292 e. The van der Waals surface area contributed by atoms with Gasteiger partial charge in [-0.2, -0.15) is 9.78 Å². The fourth-order valence-electron chi connectivity index (χ4n) is 4.77. The smallest absolute Gasteiger partial charge is 0.292 e. The molecule has 4 rings (SSSR count). The van der Waals surface area contributed by atoms with Crippen LogP contribution in [0.1, 0.15) is 51.4 Å². The van der Waals surface area contributed by atoms with Gasteiger partial charge in [-0.25, -0.2) is 0 Å². The lowest BCUT2D eigenvalue weighted by molar-refractivity contribution is -0.131. The third-order valence-corrected chi connectivity index (χ3v) is 6.96. The lowest BCUT2D eigenvalue weighted by Gasteiger charge is -2.36. The molecule has 2 aromatic rings. The van der Waals surface area contributed by atoms with Gasteiger partial charge in [0.15, 0.2) is 0 Å². The van der Waals surface area contributed by atoms with Gasteiger partial charge in [0.05, 0.1) is 17.6 Å². The van der Waals surface area contributed by atoms with Crippen molar-refractivity contribution in [3.05, 3.63) is 51.9 Å². The first-order chi connectivity index (χ1) is 15.1. The Morgan fingerprint density at radius 3 is 2.45 bits per heavy atom. The number of nitrogens with zero attached hydrogens (tertiary/aromatic N) is 4. The van der Waals surface area contributed by atoms with Crippen LogP contribution in [-0.4, -0.2) is 46.8 Å². The lowest BCUT2D eigenvalue weighted by atomic mass is 9.86. The van der Waals surface area contributed by atoms with Crippen molar-refractivity contribution in [3.63, 3.8) is 0 Å². The summed E-state index contributed by atoms with van der Waals surface area (Å²) in [7, 11) is 0. The number of halogens is 1. The second-order valence-electron chi connectivity index (χ2n) is 8.66. The van der Waals surface area contributed by atoms with Gasteiger partial charge in [-0.15, -0.1) is 0 Å². The molecule has 0 unspecified atom stereocenters. The van der Waals surface area contributed by atoms with Gasteiger partial charge in [0.25, 0.3) is 5.56 Å². The second kappa shape index (κ2) is 10.3. The number of amides is 1. The molecule has 6 nitrogen and oxygen atoms in total. The van der Waals surface area contributed by atoms with Crippen LogP contribution in [0.3, 0.4) is 0 Å². The van der Waals surface area contributed by atoms with E-state index in [1.54, 1.807) is 6.20 Å². The number of aromatic nitrogens is 2. The Bertz CT molecular complexity index is 932. The average molecular weight is 443 g/mol. The van der Waals surface area contributed by atoms with E-state index in [1.165, 1.54) is 43.2 Å². The van der Waals surface area contributed by atoms with Crippen LogP contribution in [0.2, 0.25) is 5.02 Å². The highest BCUT2D eigenvalue weighted by Gasteiger charge is 2.24. The Balaban J connectivity index is 1.30. The molecule has 2 fully saturated rings. The highest BCUT2D eigenvalue weighted by atomic mass is 35.5. The maximum atomic E-state index is 12.7. The number of hydrogen-bond acceptors (Lipinski definition) is 4. The van der Waals surface area contributed by atoms with E-state index in [0.29, 0.717) is 44.0 Å². The summed E-state index contributed by atoms with van der Waals surface area (Å²) in [6.07, 6.45) is 11.2. The van der Waals surface area contributed by atoms with E-state index in [9.17, 15) is 9.59 Å². The van der Waals surface area contributed by atoms with Crippen LogP contribution in [0.15, 0.2) is 41.3 Å². The summed E-state index contributed by atoms with van der Waals surface area (Å²) in [5, 5.41) is 4.49. The molecule has 1 saturated heterocycles. The van der Waals surface area contributed by atoms with E-state index in [4.69, 9.17) is 11.6 Å². The normalized spacial score (nSPS) is 17.7. The van der Waals surface area contributed by atoms with Crippen LogP contribution in [0, 0.1) is 5.92 Å². The van der Waals surface area contributed by atoms with E-state index < -0.39 is 0 Å². The topological polar surface area (TPSA) is 58.4 Å². The fraction of sp³-hybridized carbons (Fsp3) is 0.542. The van der Waals surface area contributed by atoms with Gasteiger partial charge in [0, 0.05) is 32.6 Å². The van der Waals surface area contributed by atoms with Crippen molar-refractivity contribution in [1.82, 2.24) is 14.7 Å². The van der Waals surface area contributed by atoms with Crippen LogP contribution in [0.25, 0.3) is 5.69 Å². The number of para-hydroxylation sites is 1. The standard InChI is InChI=1S/C24H31ClN4O2/c25-23-21(18-26-29(24(23)31)20-11-5-2-6-12-20)27-14-16-28(17-15-27)22(30)13-7-10-19-8-3-1-4-9-19/h2,5-6,11-12,18-19H,1,3-4,7-10,13-17H2. The van der Waals surface area contributed by atoms with Gasteiger partial charge >= 0.3 is 0 Å². The third-order valence-electron chi connectivity index (χ3n) is 6.60. The molecule has 0 radical (unpaired) electrons. The number of piperazine rings is 1. The molecule has 1 saturated carbocycles. The number of anilines is 1. The highest BCUT2D eigenvalue weighted by Crippen LogP contribution is 2.28. The molecule has 1 aromatic heterocycles. The van der Waals surface area contributed by atoms with Gasteiger partial charge in [0.2, 0.25) is 5.91 Å². The predicted molar refractivity (Wildman–Crippen MR) is 124 cm³/mol. The van der Waals surface area contributed by atoms with E-state index in [0.717, 1.165) is 12.3 Å². The molecular weight excluding hydrogens is 412 g/mol. The summed E-state index contributed by atoms with van der Waals surface area (Å²) >= 11 is 6.43. The molecule has 1 amide bonds. The summed E-state index contributed by atoms with van der Waals surface area (Å²) in [6, 6.07) is 9.25. The molecule has 0 N–H and O–H groups in total. The molecule has 1 aromatic carbocycles. The van der Waals surface area contributed by atoms with E-state index in [1.807, 2.05) is 35.2 Å². The van der Waals surface area contributed by atoms with Crippen LogP contribution < -0.4 is 10.5 Å². The Hall–Kier alpha value is -2.34. The van der Waals surface area contributed by atoms with Crippen LogP contribution >= 0.6 is 11.6 Å². The van der Waals surface area contributed by atoms with Crippen molar-refractivity contribution in [2.24, 2.45) is 5.92 Å². The molecule has 166 valence electrons. The SMILES string of the molecule is O=C(CCCC1CCCCC1)N1CCN(c2cnn(-c3ccccc3)c(=O)c2Cl)CC1. The van der Waals surface area contributed by atoms with Gasteiger partial charge < -0.3 is 9.80 Å². The summed E-state index contributed by atoms with van der Waals surface area (Å²) in [5.41, 5.74) is 0.999.